The van der Waals surface area contributed by atoms with Crippen molar-refractivity contribution in [2.45, 2.75) is 38.9 Å². The number of carbonyl (C=O) groups excluding carboxylic acids is 1. The van der Waals surface area contributed by atoms with E-state index in [1.165, 1.54) is 6.08 Å². The fourth-order valence-corrected chi connectivity index (χ4v) is 6.23. The number of rotatable bonds is 3. The van der Waals surface area contributed by atoms with Gasteiger partial charge in [0.1, 0.15) is 23.2 Å². The maximum absolute atomic E-state index is 12.0. The number of ether oxygens (including phenoxy) is 1. The van der Waals surface area contributed by atoms with E-state index >= 15 is 0 Å². The van der Waals surface area contributed by atoms with Crippen LogP contribution in [0.3, 0.4) is 0 Å². The van der Waals surface area contributed by atoms with Crippen LogP contribution < -0.4 is 4.90 Å². The molecule has 0 unspecified atom stereocenters. The molecule has 0 saturated carbocycles. The number of nitrogens with zero attached hydrogens (tertiary/aromatic N) is 4. The normalized spacial score (nSPS) is 19.4. The summed E-state index contributed by atoms with van der Waals surface area (Å²) in [6.07, 6.45) is 2.98. The molecule has 3 aliphatic rings. The van der Waals surface area contributed by atoms with Crippen molar-refractivity contribution >= 4 is 22.5 Å². The van der Waals surface area contributed by atoms with Crippen LogP contribution in [0.5, 0.6) is 5.75 Å². The second kappa shape index (κ2) is 8.32. The predicted octanol–water partition coefficient (Wildman–Crippen LogP) is 4.56. The first-order valence-electron chi connectivity index (χ1n) is 12.7. The minimum absolute atomic E-state index is 0.0276. The maximum atomic E-state index is 12.0. The first kappa shape index (κ1) is 23.5. The highest BCUT2D eigenvalue weighted by molar-refractivity contribution is 6.00. The zero-order chi connectivity index (χ0) is 25.9. The van der Waals surface area contributed by atoms with Crippen LogP contribution in [-0.4, -0.2) is 52.7 Å². The summed E-state index contributed by atoms with van der Waals surface area (Å²) in [5.41, 5.74) is 3.97. The molecular formula is C30H30N4O3. The summed E-state index contributed by atoms with van der Waals surface area (Å²) < 4.78 is 6.21. The molecule has 7 heteroatoms. The topological polar surface area (TPSA) is 89.7 Å². The van der Waals surface area contributed by atoms with Crippen molar-refractivity contribution in [3.8, 4) is 22.9 Å². The van der Waals surface area contributed by atoms with Gasteiger partial charge in [-0.2, -0.15) is 5.26 Å². The predicted molar refractivity (Wildman–Crippen MR) is 142 cm³/mol. The summed E-state index contributed by atoms with van der Waals surface area (Å²) in [6, 6.07) is 13.8. The molecule has 1 N–H and O–H groups in total. The lowest BCUT2D eigenvalue weighted by Gasteiger charge is -2.47. The van der Waals surface area contributed by atoms with E-state index in [0.717, 1.165) is 58.5 Å². The van der Waals surface area contributed by atoms with Gasteiger partial charge in [-0.15, -0.1) is 0 Å². The van der Waals surface area contributed by atoms with Gasteiger partial charge in [0.05, 0.1) is 17.9 Å². The second-order valence-corrected chi connectivity index (χ2v) is 11.2. The monoisotopic (exact) mass is 494 g/mol. The van der Waals surface area contributed by atoms with Crippen LogP contribution in [0.4, 0.5) is 5.82 Å². The van der Waals surface area contributed by atoms with Crippen molar-refractivity contribution in [1.82, 2.24) is 9.88 Å². The highest BCUT2D eigenvalue weighted by Crippen LogP contribution is 2.46. The summed E-state index contributed by atoms with van der Waals surface area (Å²) in [4.78, 5) is 21.2. The van der Waals surface area contributed by atoms with Gasteiger partial charge in [-0.25, -0.2) is 4.98 Å². The van der Waals surface area contributed by atoms with Gasteiger partial charge in [-0.1, -0.05) is 30.8 Å². The lowest BCUT2D eigenvalue weighted by molar-refractivity contribution is -0.136. The zero-order valence-electron chi connectivity index (χ0n) is 21.3. The summed E-state index contributed by atoms with van der Waals surface area (Å²) in [6.45, 7) is 11.1. The minimum atomic E-state index is -0.348. The van der Waals surface area contributed by atoms with Crippen LogP contribution >= 0.6 is 0 Å². The van der Waals surface area contributed by atoms with Crippen LogP contribution in [0, 0.1) is 16.7 Å². The quantitative estimate of drug-likeness (QED) is 0.537. The number of phenols is 1. The molecule has 0 atom stereocenters. The summed E-state index contributed by atoms with van der Waals surface area (Å²) in [5.74, 6) is 0.898. The zero-order valence-corrected chi connectivity index (χ0v) is 21.3. The fraction of sp³-hybridized carbons (Fsp3) is 0.367. The Labute approximate surface area is 216 Å². The number of nitriles is 1. The number of hydrogen-bond acceptors (Lipinski definition) is 6. The first-order chi connectivity index (χ1) is 17.7. The van der Waals surface area contributed by atoms with Crippen LogP contribution in [-0.2, 0) is 22.6 Å². The van der Waals surface area contributed by atoms with Crippen molar-refractivity contribution < 1.29 is 14.6 Å². The molecule has 2 fully saturated rings. The summed E-state index contributed by atoms with van der Waals surface area (Å²) in [7, 11) is 0. The number of anilines is 1. The molecule has 1 amide bonds. The molecule has 1 aromatic heterocycles. The Morgan fingerprint density at radius 2 is 2.05 bits per heavy atom. The molecule has 0 aliphatic carbocycles. The summed E-state index contributed by atoms with van der Waals surface area (Å²) >= 11 is 0. The van der Waals surface area contributed by atoms with E-state index in [-0.39, 0.29) is 22.7 Å². The maximum Gasteiger partial charge on any atom is 0.245 e. The molecule has 188 valence electrons. The van der Waals surface area contributed by atoms with Crippen LogP contribution in [0.25, 0.3) is 21.9 Å². The Kier molecular flexibility index (Phi) is 5.29. The fourth-order valence-electron chi connectivity index (χ4n) is 6.23. The van der Waals surface area contributed by atoms with Gasteiger partial charge >= 0.3 is 0 Å². The SMILES string of the molecule is C=CC(=O)N1CC2(CCN(c3nc4c(c(-c5cccc6cc(O)ccc56)c3C#N)COC(C)(C)C4)C2)C1. The van der Waals surface area contributed by atoms with Gasteiger partial charge in [0, 0.05) is 49.1 Å². The Morgan fingerprint density at radius 3 is 2.81 bits per heavy atom. The largest absolute Gasteiger partial charge is 0.508 e. The molecule has 0 radical (unpaired) electrons. The van der Waals surface area contributed by atoms with E-state index in [9.17, 15) is 15.2 Å². The van der Waals surface area contributed by atoms with E-state index < -0.39 is 0 Å². The van der Waals surface area contributed by atoms with Gasteiger partial charge in [-0.3, -0.25) is 4.79 Å². The lowest BCUT2D eigenvalue weighted by atomic mass is 9.79. The number of aromatic nitrogens is 1. The molecule has 2 aromatic carbocycles. The number of amides is 1. The molecule has 2 saturated heterocycles. The molecule has 37 heavy (non-hydrogen) atoms. The molecule has 3 aliphatic heterocycles. The Bertz CT molecular complexity index is 1500. The Morgan fingerprint density at radius 1 is 1.24 bits per heavy atom. The Hall–Kier alpha value is -3.89. The number of fused-ring (bicyclic) bond motifs is 2. The van der Waals surface area contributed by atoms with Crippen molar-refractivity contribution in [1.29, 1.82) is 5.26 Å². The standard InChI is InChI=1S/C30H30N4O3/c1-4-26(36)34-17-30(18-34)10-11-33(16-30)28-23(14-31)27(24-15-37-29(2,3)13-25(24)32-28)22-7-5-6-19-12-20(35)8-9-21(19)22/h4-9,12,35H,1,10-11,13,15-18H2,2-3H3. The molecule has 6 rings (SSSR count). The van der Waals surface area contributed by atoms with Gasteiger partial charge in [-0.05, 0) is 54.8 Å². The van der Waals surface area contributed by atoms with E-state index in [1.54, 1.807) is 12.1 Å². The van der Waals surface area contributed by atoms with E-state index in [1.807, 2.05) is 29.2 Å². The van der Waals surface area contributed by atoms with Gasteiger partial charge in [0.25, 0.3) is 0 Å². The highest BCUT2D eigenvalue weighted by Gasteiger charge is 2.49. The number of likely N-dealkylation sites (tertiary alicyclic amines) is 1. The number of benzene rings is 2. The third-order valence-electron chi connectivity index (χ3n) is 8.09. The average molecular weight is 495 g/mol. The lowest BCUT2D eigenvalue weighted by Crippen LogP contribution is -2.59. The van der Waals surface area contributed by atoms with E-state index in [4.69, 9.17) is 9.72 Å². The molecule has 4 heterocycles. The van der Waals surface area contributed by atoms with Gasteiger partial charge in [0.2, 0.25) is 5.91 Å². The second-order valence-electron chi connectivity index (χ2n) is 11.2. The van der Waals surface area contributed by atoms with Gasteiger partial charge < -0.3 is 19.6 Å². The smallest absolute Gasteiger partial charge is 0.245 e. The van der Waals surface area contributed by atoms with Crippen LogP contribution in [0.2, 0.25) is 0 Å². The number of carbonyl (C=O) groups is 1. The third-order valence-corrected chi connectivity index (χ3v) is 8.09. The van der Waals surface area contributed by atoms with Crippen molar-refractivity contribution in [2.24, 2.45) is 5.41 Å². The number of aromatic hydroxyl groups is 1. The van der Waals surface area contributed by atoms with Crippen LogP contribution in [0.15, 0.2) is 49.1 Å². The first-order valence-corrected chi connectivity index (χ1v) is 12.7. The van der Waals surface area contributed by atoms with Crippen LogP contribution in [0.1, 0.15) is 37.1 Å². The summed E-state index contributed by atoms with van der Waals surface area (Å²) in [5, 5.41) is 22.5. The minimum Gasteiger partial charge on any atom is -0.508 e. The number of phenolic OH excluding ortho intramolecular Hbond substituents is 1. The number of hydrogen-bond donors (Lipinski definition) is 1. The van der Waals surface area contributed by atoms with E-state index in [0.29, 0.717) is 31.7 Å². The highest BCUT2D eigenvalue weighted by atomic mass is 16.5. The molecule has 0 bridgehead atoms. The molecule has 1 spiro atoms. The molecular weight excluding hydrogens is 464 g/mol. The van der Waals surface area contributed by atoms with Crippen molar-refractivity contribution in [2.75, 3.05) is 31.1 Å². The van der Waals surface area contributed by atoms with Crippen molar-refractivity contribution in [3.05, 3.63) is 65.9 Å². The third kappa shape index (κ3) is 3.84. The average Bonchev–Trinajstić information content (AvgIpc) is 3.31. The molecule has 3 aromatic rings. The van der Waals surface area contributed by atoms with Crippen molar-refractivity contribution in [3.63, 3.8) is 0 Å². The Balaban J connectivity index is 1.49. The van der Waals surface area contributed by atoms with E-state index in [2.05, 4.69) is 31.4 Å². The van der Waals surface area contributed by atoms with Gasteiger partial charge in [0.15, 0.2) is 0 Å². The molecule has 7 nitrogen and oxygen atoms in total. The number of pyridine rings is 1.